The van der Waals surface area contributed by atoms with E-state index in [0.29, 0.717) is 6.04 Å². The topological polar surface area (TPSA) is 15.3 Å². The fourth-order valence-electron chi connectivity index (χ4n) is 2.34. The van der Waals surface area contributed by atoms with Gasteiger partial charge in [0, 0.05) is 25.7 Å². The van der Waals surface area contributed by atoms with Crippen molar-refractivity contribution in [2.75, 3.05) is 6.54 Å². The van der Waals surface area contributed by atoms with Crippen molar-refractivity contribution in [3.05, 3.63) is 34.9 Å². The quantitative estimate of drug-likeness (QED) is 0.835. The SMILES string of the molecule is CCN(Cc1ccc2c(c1)CNC2)C(C)C. The lowest BCUT2D eigenvalue weighted by atomic mass is 10.1. The minimum atomic E-state index is 0.622. The molecule has 0 saturated heterocycles. The monoisotopic (exact) mass is 218 g/mol. The molecule has 0 saturated carbocycles. The van der Waals surface area contributed by atoms with Gasteiger partial charge in [-0.1, -0.05) is 25.1 Å². The number of nitrogens with zero attached hydrogens (tertiary/aromatic N) is 1. The molecule has 1 N–H and O–H groups in total. The molecule has 0 atom stereocenters. The highest BCUT2D eigenvalue weighted by Gasteiger charge is 2.12. The molecule has 1 heterocycles. The van der Waals surface area contributed by atoms with Crippen LogP contribution >= 0.6 is 0 Å². The van der Waals surface area contributed by atoms with E-state index in [2.05, 4.69) is 49.2 Å². The lowest BCUT2D eigenvalue weighted by molar-refractivity contribution is 0.225. The minimum absolute atomic E-state index is 0.622. The third kappa shape index (κ3) is 2.45. The summed E-state index contributed by atoms with van der Waals surface area (Å²) in [6.07, 6.45) is 0. The van der Waals surface area contributed by atoms with Crippen LogP contribution in [-0.4, -0.2) is 17.5 Å². The van der Waals surface area contributed by atoms with Crippen LogP contribution in [0.5, 0.6) is 0 Å². The average molecular weight is 218 g/mol. The van der Waals surface area contributed by atoms with Crippen LogP contribution in [0.25, 0.3) is 0 Å². The fraction of sp³-hybridized carbons (Fsp3) is 0.571. The van der Waals surface area contributed by atoms with E-state index in [0.717, 1.165) is 26.2 Å². The Morgan fingerprint density at radius 3 is 2.69 bits per heavy atom. The molecule has 0 unspecified atom stereocenters. The van der Waals surface area contributed by atoms with Gasteiger partial charge in [0.1, 0.15) is 0 Å². The van der Waals surface area contributed by atoms with Crippen molar-refractivity contribution in [1.29, 1.82) is 0 Å². The van der Waals surface area contributed by atoms with Crippen LogP contribution in [0, 0.1) is 0 Å². The normalized spacial score (nSPS) is 14.8. The van der Waals surface area contributed by atoms with Gasteiger partial charge in [0.2, 0.25) is 0 Å². The maximum atomic E-state index is 3.39. The van der Waals surface area contributed by atoms with Crippen molar-refractivity contribution in [1.82, 2.24) is 10.2 Å². The van der Waals surface area contributed by atoms with Crippen LogP contribution in [0.4, 0.5) is 0 Å². The van der Waals surface area contributed by atoms with Gasteiger partial charge in [0.25, 0.3) is 0 Å². The highest BCUT2D eigenvalue weighted by Crippen LogP contribution is 2.18. The van der Waals surface area contributed by atoms with Gasteiger partial charge in [0.05, 0.1) is 0 Å². The van der Waals surface area contributed by atoms with Gasteiger partial charge >= 0.3 is 0 Å². The second kappa shape index (κ2) is 4.98. The molecular weight excluding hydrogens is 196 g/mol. The van der Waals surface area contributed by atoms with Crippen molar-refractivity contribution in [2.24, 2.45) is 0 Å². The number of nitrogens with one attached hydrogen (secondary N) is 1. The van der Waals surface area contributed by atoms with Gasteiger partial charge in [0.15, 0.2) is 0 Å². The number of rotatable bonds is 4. The number of fused-ring (bicyclic) bond motifs is 1. The summed E-state index contributed by atoms with van der Waals surface area (Å²) >= 11 is 0. The maximum absolute atomic E-state index is 3.39. The van der Waals surface area contributed by atoms with E-state index in [1.54, 1.807) is 0 Å². The first kappa shape index (κ1) is 11.6. The molecule has 0 aliphatic carbocycles. The molecule has 0 radical (unpaired) electrons. The summed E-state index contributed by atoms with van der Waals surface area (Å²) in [4.78, 5) is 2.49. The van der Waals surface area contributed by atoms with Crippen molar-refractivity contribution in [3.8, 4) is 0 Å². The van der Waals surface area contributed by atoms with E-state index in [-0.39, 0.29) is 0 Å². The van der Waals surface area contributed by atoms with Crippen molar-refractivity contribution in [3.63, 3.8) is 0 Å². The first-order valence-electron chi connectivity index (χ1n) is 6.26. The van der Waals surface area contributed by atoms with E-state index in [1.165, 1.54) is 16.7 Å². The van der Waals surface area contributed by atoms with E-state index in [4.69, 9.17) is 0 Å². The summed E-state index contributed by atoms with van der Waals surface area (Å²) in [6.45, 7) is 11.0. The summed E-state index contributed by atoms with van der Waals surface area (Å²) in [5.41, 5.74) is 4.40. The Kier molecular flexibility index (Phi) is 3.62. The Morgan fingerprint density at radius 2 is 2.00 bits per heavy atom. The van der Waals surface area contributed by atoms with E-state index >= 15 is 0 Å². The summed E-state index contributed by atoms with van der Waals surface area (Å²) in [7, 11) is 0. The zero-order chi connectivity index (χ0) is 11.5. The molecule has 0 fully saturated rings. The lowest BCUT2D eigenvalue weighted by Crippen LogP contribution is -2.29. The van der Waals surface area contributed by atoms with Gasteiger partial charge in [-0.25, -0.2) is 0 Å². The molecule has 0 amide bonds. The van der Waals surface area contributed by atoms with E-state index in [9.17, 15) is 0 Å². The Balaban J connectivity index is 2.10. The molecule has 1 aliphatic rings. The molecule has 1 aromatic carbocycles. The lowest BCUT2D eigenvalue weighted by Gasteiger charge is -2.25. The first-order chi connectivity index (χ1) is 7.70. The highest BCUT2D eigenvalue weighted by atomic mass is 15.1. The number of benzene rings is 1. The average Bonchev–Trinajstić information content (AvgIpc) is 2.72. The second-order valence-corrected chi connectivity index (χ2v) is 4.86. The smallest absolute Gasteiger partial charge is 0.0236 e. The molecule has 2 nitrogen and oxygen atoms in total. The zero-order valence-electron chi connectivity index (χ0n) is 10.6. The standard InChI is InChI=1S/C14H22N2/c1-4-16(11(2)3)10-12-5-6-13-8-15-9-14(13)7-12/h5-7,11,15H,4,8-10H2,1-3H3. The van der Waals surface area contributed by atoms with Gasteiger partial charge < -0.3 is 5.32 Å². The van der Waals surface area contributed by atoms with Crippen molar-refractivity contribution < 1.29 is 0 Å². The first-order valence-corrected chi connectivity index (χ1v) is 6.26. The van der Waals surface area contributed by atoms with Gasteiger partial charge in [-0.05, 0) is 37.1 Å². The fourth-order valence-corrected chi connectivity index (χ4v) is 2.34. The predicted molar refractivity (Wildman–Crippen MR) is 68.2 cm³/mol. The van der Waals surface area contributed by atoms with E-state index < -0.39 is 0 Å². The van der Waals surface area contributed by atoms with Crippen molar-refractivity contribution >= 4 is 0 Å². The van der Waals surface area contributed by atoms with Gasteiger partial charge in [-0.3, -0.25) is 4.90 Å². The molecule has 1 aromatic rings. The van der Waals surface area contributed by atoms with Crippen LogP contribution in [0.2, 0.25) is 0 Å². The third-order valence-corrected chi connectivity index (χ3v) is 3.42. The largest absolute Gasteiger partial charge is 0.309 e. The molecule has 1 aliphatic heterocycles. The Labute approximate surface area is 98.7 Å². The summed E-state index contributed by atoms with van der Waals surface area (Å²) in [6, 6.07) is 7.53. The van der Waals surface area contributed by atoms with E-state index in [1.807, 2.05) is 0 Å². The van der Waals surface area contributed by atoms with Crippen LogP contribution in [-0.2, 0) is 19.6 Å². The molecule has 16 heavy (non-hydrogen) atoms. The summed E-state index contributed by atoms with van der Waals surface area (Å²) in [5, 5.41) is 3.39. The van der Waals surface area contributed by atoms with Crippen molar-refractivity contribution in [2.45, 2.75) is 46.4 Å². The second-order valence-electron chi connectivity index (χ2n) is 4.86. The van der Waals surface area contributed by atoms with Crippen LogP contribution in [0.3, 0.4) is 0 Å². The molecule has 0 aromatic heterocycles. The number of hydrogen-bond acceptors (Lipinski definition) is 2. The summed E-state index contributed by atoms with van der Waals surface area (Å²) < 4.78 is 0. The zero-order valence-corrected chi connectivity index (χ0v) is 10.6. The molecule has 0 spiro atoms. The number of hydrogen-bond donors (Lipinski definition) is 1. The minimum Gasteiger partial charge on any atom is -0.309 e. The van der Waals surface area contributed by atoms with Gasteiger partial charge in [-0.15, -0.1) is 0 Å². The molecule has 0 bridgehead atoms. The summed E-state index contributed by atoms with van der Waals surface area (Å²) in [5.74, 6) is 0. The Morgan fingerprint density at radius 1 is 1.25 bits per heavy atom. The molecule has 2 rings (SSSR count). The molecule has 88 valence electrons. The molecule has 2 heteroatoms. The third-order valence-electron chi connectivity index (χ3n) is 3.42. The van der Waals surface area contributed by atoms with Crippen LogP contribution < -0.4 is 5.32 Å². The van der Waals surface area contributed by atoms with Crippen LogP contribution in [0.1, 0.15) is 37.5 Å². The Bertz CT molecular complexity index is 358. The Hall–Kier alpha value is -0.860. The highest BCUT2D eigenvalue weighted by molar-refractivity contribution is 5.34. The van der Waals surface area contributed by atoms with Gasteiger partial charge in [-0.2, -0.15) is 0 Å². The predicted octanol–water partition coefficient (Wildman–Crippen LogP) is 2.52. The van der Waals surface area contributed by atoms with Crippen LogP contribution in [0.15, 0.2) is 18.2 Å². The maximum Gasteiger partial charge on any atom is 0.0236 e. The molecular formula is C14H22N2.